The maximum atomic E-state index is 13.6. The quantitative estimate of drug-likeness (QED) is 0.788. The van der Waals surface area contributed by atoms with Gasteiger partial charge in [0.15, 0.2) is 11.6 Å². The Hall–Kier alpha value is -1.68. The Morgan fingerprint density at radius 3 is 2.70 bits per heavy atom. The van der Waals surface area contributed by atoms with Gasteiger partial charge in [-0.25, -0.2) is 4.39 Å². The predicted molar refractivity (Wildman–Crippen MR) is 83.1 cm³/mol. The van der Waals surface area contributed by atoms with Gasteiger partial charge in [-0.1, -0.05) is 25.1 Å². The number of anilines is 1. The minimum absolute atomic E-state index is 0.274. The summed E-state index contributed by atoms with van der Waals surface area (Å²) < 4.78 is 18.5. The Kier molecular flexibility index (Phi) is 5.30. The Bertz CT molecular complexity index is 574. The summed E-state index contributed by atoms with van der Waals surface area (Å²) in [6.45, 7) is 2.71. The van der Waals surface area contributed by atoms with Gasteiger partial charge in [0.05, 0.1) is 7.11 Å². The van der Waals surface area contributed by atoms with Crippen LogP contribution in [0.15, 0.2) is 47.4 Å². The Labute approximate surface area is 123 Å². The number of ether oxygens (including phenoxy) is 1. The van der Waals surface area contributed by atoms with E-state index in [4.69, 9.17) is 4.74 Å². The molecule has 106 valence electrons. The molecule has 0 aromatic heterocycles. The third-order valence-electron chi connectivity index (χ3n) is 2.89. The van der Waals surface area contributed by atoms with Gasteiger partial charge in [-0.3, -0.25) is 0 Å². The van der Waals surface area contributed by atoms with E-state index in [9.17, 15) is 4.39 Å². The summed E-state index contributed by atoms with van der Waals surface area (Å²) in [5.74, 6) is 0.967. The number of thioether (sulfide) groups is 1. The molecule has 0 aliphatic heterocycles. The minimum atomic E-state index is -0.331. The molecule has 0 bridgehead atoms. The highest BCUT2D eigenvalue weighted by molar-refractivity contribution is 7.99. The van der Waals surface area contributed by atoms with Crippen molar-refractivity contribution in [3.05, 3.63) is 53.8 Å². The van der Waals surface area contributed by atoms with Crippen molar-refractivity contribution in [2.24, 2.45) is 0 Å². The summed E-state index contributed by atoms with van der Waals surface area (Å²) >= 11 is 1.79. The van der Waals surface area contributed by atoms with Crippen LogP contribution in [0.25, 0.3) is 0 Å². The van der Waals surface area contributed by atoms with E-state index < -0.39 is 0 Å². The molecule has 0 saturated carbocycles. The van der Waals surface area contributed by atoms with Gasteiger partial charge in [0, 0.05) is 17.1 Å². The van der Waals surface area contributed by atoms with Crippen LogP contribution in [0.4, 0.5) is 10.1 Å². The molecule has 0 atom stereocenters. The van der Waals surface area contributed by atoms with E-state index >= 15 is 0 Å². The Morgan fingerprint density at radius 1 is 1.20 bits per heavy atom. The van der Waals surface area contributed by atoms with Crippen molar-refractivity contribution < 1.29 is 9.13 Å². The van der Waals surface area contributed by atoms with E-state index in [-0.39, 0.29) is 11.6 Å². The maximum Gasteiger partial charge on any atom is 0.165 e. The van der Waals surface area contributed by atoms with Crippen LogP contribution >= 0.6 is 11.8 Å². The second-order valence-electron chi connectivity index (χ2n) is 4.25. The van der Waals surface area contributed by atoms with Gasteiger partial charge < -0.3 is 10.1 Å². The van der Waals surface area contributed by atoms with E-state index in [1.807, 2.05) is 24.3 Å². The average molecular weight is 291 g/mol. The Balaban J connectivity index is 2.07. The van der Waals surface area contributed by atoms with E-state index in [0.717, 1.165) is 17.0 Å². The lowest BCUT2D eigenvalue weighted by Gasteiger charge is -2.11. The number of hydrogen-bond donors (Lipinski definition) is 1. The summed E-state index contributed by atoms with van der Waals surface area (Å²) in [7, 11) is 1.47. The SMILES string of the molecule is CCSc1ccccc1NCc1ccc(OC)c(F)c1. The number of nitrogens with one attached hydrogen (secondary N) is 1. The molecule has 2 aromatic rings. The van der Waals surface area contributed by atoms with E-state index in [2.05, 4.69) is 18.3 Å². The van der Waals surface area contributed by atoms with Gasteiger partial charge in [0.2, 0.25) is 0 Å². The summed E-state index contributed by atoms with van der Waals surface area (Å²) in [5.41, 5.74) is 1.97. The lowest BCUT2D eigenvalue weighted by molar-refractivity contribution is 0.386. The van der Waals surface area contributed by atoms with Gasteiger partial charge in [0.25, 0.3) is 0 Å². The zero-order chi connectivity index (χ0) is 14.4. The van der Waals surface area contributed by atoms with Crippen LogP contribution in [0.3, 0.4) is 0 Å². The van der Waals surface area contributed by atoms with Crippen molar-refractivity contribution in [2.75, 3.05) is 18.2 Å². The van der Waals surface area contributed by atoms with Crippen LogP contribution in [0.5, 0.6) is 5.75 Å². The molecule has 0 unspecified atom stereocenters. The molecule has 0 saturated heterocycles. The molecule has 0 radical (unpaired) electrons. The molecule has 2 rings (SSSR count). The van der Waals surface area contributed by atoms with Crippen molar-refractivity contribution in [3.8, 4) is 5.75 Å². The summed E-state index contributed by atoms with van der Waals surface area (Å²) in [6, 6.07) is 13.2. The lowest BCUT2D eigenvalue weighted by Crippen LogP contribution is -2.01. The van der Waals surface area contributed by atoms with Crippen molar-refractivity contribution in [2.45, 2.75) is 18.4 Å². The maximum absolute atomic E-state index is 13.6. The number of methoxy groups -OCH3 is 1. The molecule has 4 heteroatoms. The van der Waals surface area contributed by atoms with Gasteiger partial charge in [-0.15, -0.1) is 11.8 Å². The number of hydrogen-bond acceptors (Lipinski definition) is 3. The van der Waals surface area contributed by atoms with Crippen LogP contribution in [0.1, 0.15) is 12.5 Å². The van der Waals surface area contributed by atoms with Crippen LogP contribution in [0.2, 0.25) is 0 Å². The number of rotatable bonds is 6. The first-order valence-electron chi connectivity index (χ1n) is 6.52. The lowest BCUT2D eigenvalue weighted by atomic mass is 10.2. The third kappa shape index (κ3) is 3.67. The highest BCUT2D eigenvalue weighted by Crippen LogP contribution is 2.27. The van der Waals surface area contributed by atoms with Crippen molar-refractivity contribution in [1.82, 2.24) is 0 Å². The van der Waals surface area contributed by atoms with E-state index in [0.29, 0.717) is 6.54 Å². The fraction of sp³-hybridized carbons (Fsp3) is 0.250. The van der Waals surface area contributed by atoms with Gasteiger partial charge in [-0.2, -0.15) is 0 Å². The number of para-hydroxylation sites is 1. The van der Waals surface area contributed by atoms with Crippen molar-refractivity contribution >= 4 is 17.4 Å². The van der Waals surface area contributed by atoms with Crippen LogP contribution in [-0.4, -0.2) is 12.9 Å². The van der Waals surface area contributed by atoms with Crippen LogP contribution in [0, 0.1) is 5.82 Å². The zero-order valence-corrected chi connectivity index (χ0v) is 12.5. The molecule has 0 heterocycles. The first-order chi connectivity index (χ1) is 9.74. The Morgan fingerprint density at radius 2 is 2.00 bits per heavy atom. The molecule has 2 aromatic carbocycles. The van der Waals surface area contributed by atoms with Gasteiger partial charge >= 0.3 is 0 Å². The molecule has 0 fully saturated rings. The molecule has 0 amide bonds. The van der Waals surface area contributed by atoms with Crippen LogP contribution < -0.4 is 10.1 Å². The molecule has 2 nitrogen and oxygen atoms in total. The predicted octanol–water partition coefficient (Wildman–Crippen LogP) is 4.56. The average Bonchev–Trinajstić information content (AvgIpc) is 2.47. The number of halogens is 1. The summed E-state index contributed by atoms with van der Waals surface area (Å²) in [5, 5.41) is 3.35. The largest absolute Gasteiger partial charge is 0.494 e. The fourth-order valence-corrected chi connectivity index (χ4v) is 2.69. The van der Waals surface area contributed by atoms with Crippen molar-refractivity contribution in [3.63, 3.8) is 0 Å². The molecule has 0 aliphatic carbocycles. The van der Waals surface area contributed by atoms with Crippen molar-refractivity contribution in [1.29, 1.82) is 0 Å². The monoisotopic (exact) mass is 291 g/mol. The normalized spacial score (nSPS) is 10.3. The molecule has 20 heavy (non-hydrogen) atoms. The molecular formula is C16H18FNOS. The zero-order valence-electron chi connectivity index (χ0n) is 11.7. The molecule has 0 aliphatic rings. The molecule has 1 N–H and O–H groups in total. The second-order valence-corrected chi connectivity index (χ2v) is 5.56. The molecule has 0 spiro atoms. The van der Waals surface area contributed by atoms with Gasteiger partial charge in [-0.05, 0) is 35.6 Å². The summed E-state index contributed by atoms with van der Waals surface area (Å²) in [6.07, 6.45) is 0. The van der Waals surface area contributed by atoms with Gasteiger partial charge in [0.1, 0.15) is 0 Å². The van der Waals surface area contributed by atoms with E-state index in [1.165, 1.54) is 18.1 Å². The molecular weight excluding hydrogens is 273 g/mol. The topological polar surface area (TPSA) is 21.3 Å². The smallest absolute Gasteiger partial charge is 0.165 e. The second kappa shape index (κ2) is 7.20. The standard InChI is InChI=1S/C16H18FNOS/c1-3-20-16-7-5-4-6-14(16)18-11-12-8-9-15(19-2)13(17)10-12/h4-10,18H,3,11H2,1-2H3. The van der Waals surface area contributed by atoms with Crippen LogP contribution in [-0.2, 0) is 6.54 Å². The highest BCUT2D eigenvalue weighted by atomic mass is 32.2. The fourth-order valence-electron chi connectivity index (χ4n) is 1.91. The number of benzene rings is 2. The summed E-state index contributed by atoms with van der Waals surface area (Å²) in [4.78, 5) is 1.21. The first kappa shape index (κ1) is 14.7. The minimum Gasteiger partial charge on any atom is -0.494 e. The highest BCUT2D eigenvalue weighted by Gasteiger charge is 2.05. The van der Waals surface area contributed by atoms with E-state index in [1.54, 1.807) is 17.8 Å². The third-order valence-corrected chi connectivity index (χ3v) is 3.84. The first-order valence-corrected chi connectivity index (χ1v) is 7.51.